The van der Waals surface area contributed by atoms with Crippen molar-refractivity contribution in [3.8, 4) is 0 Å². The van der Waals surface area contributed by atoms with Crippen molar-refractivity contribution in [2.24, 2.45) is 7.05 Å². The van der Waals surface area contributed by atoms with Gasteiger partial charge in [0.1, 0.15) is 0 Å². The lowest BCUT2D eigenvalue weighted by molar-refractivity contribution is 0.700. The minimum Gasteiger partial charge on any atom is -0.362 e. The fraction of sp³-hybridized carbons (Fsp3) is 0.417. The van der Waals surface area contributed by atoms with Gasteiger partial charge in [-0.2, -0.15) is 0 Å². The lowest BCUT2D eigenvalue weighted by Crippen LogP contribution is -2.39. The Morgan fingerprint density at radius 1 is 1.32 bits per heavy atom. The molecule has 2 heterocycles. The Hall–Kier alpha value is -1.89. The van der Waals surface area contributed by atoms with Crippen molar-refractivity contribution in [1.82, 2.24) is 14.1 Å². The first-order valence-corrected chi connectivity index (χ1v) is 6.88. The number of rotatable bonds is 5. The number of nitrogens with one attached hydrogen (secondary N) is 1. The summed E-state index contributed by atoms with van der Waals surface area (Å²) < 4.78 is 2.68. The number of aromatic nitrogens is 3. The van der Waals surface area contributed by atoms with E-state index in [0.717, 1.165) is 23.0 Å². The first kappa shape index (κ1) is 13.5. The Bertz CT molecular complexity index is 671. The largest absolute Gasteiger partial charge is 0.362 e. The molecule has 0 saturated carbocycles. The number of hydrogen-bond donors (Lipinski definition) is 1. The van der Waals surface area contributed by atoms with Crippen LogP contribution in [0.2, 0.25) is 0 Å². The normalized spacial score (nSPS) is 10.6. The fourth-order valence-corrected chi connectivity index (χ4v) is 2.41. The third-order valence-electron chi connectivity index (χ3n) is 2.64. The topological polar surface area (TPSA) is 68.9 Å². The first-order valence-electron chi connectivity index (χ1n) is 6.06. The molecule has 19 heavy (non-hydrogen) atoms. The summed E-state index contributed by atoms with van der Waals surface area (Å²) in [6.07, 6.45) is 5.96. The van der Waals surface area contributed by atoms with Crippen molar-refractivity contribution < 1.29 is 0 Å². The van der Waals surface area contributed by atoms with E-state index in [1.165, 1.54) is 20.5 Å². The summed E-state index contributed by atoms with van der Waals surface area (Å²) in [6.45, 7) is 3.33. The molecule has 6 nitrogen and oxygen atoms in total. The molecule has 0 aliphatic heterocycles. The molecule has 1 N–H and O–H groups in total. The van der Waals surface area contributed by atoms with Gasteiger partial charge in [-0.15, -0.1) is 11.3 Å². The highest BCUT2D eigenvalue weighted by Crippen LogP contribution is 2.18. The van der Waals surface area contributed by atoms with Gasteiger partial charge < -0.3 is 14.5 Å². The van der Waals surface area contributed by atoms with Crippen LogP contribution in [0.5, 0.6) is 0 Å². The van der Waals surface area contributed by atoms with Crippen LogP contribution >= 0.6 is 11.3 Å². The zero-order valence-corrected chi connectivity index (χ0v) is 11.7. The minimum absolute atomic E-state index is 0.375. The van der Waals surface area contributed by atoms with Crippen molar-refractivity contribution in [3.05, 3.63) is 44.2 Å². The molecular formula is C12H16N4O2S. The van der Waals surface area contributed by atoms with E-state index in [1.54, 1.807) is 25.6 Å². The van der Waals surface area contributed by atoms with Crippen LogP contribution in [-0.2, 0) is 13.6 Å². The SMILES string of the molecule is CCCNc1ncc(Cn2ccn(C)c(=O)c2=O)s1. The van der Waals surface area contributed by atoms with Crippen LogP contribution in [-0.4, -0.2) is 20.7 Å². The highest BCUT2D eigenvalue weighted by molar-refractivity contribution is 7.15. The summed E-state index contributed by atoms with van der Waals surface area (Å²) in [6, 6.07) is 0. The van der Waals surface area contributed by atoms with Crippen LogP contribution in [0.4, 0.5) is 5.13 Å². The standard InChI is InChI=1S/C12H16N4O2S/c1-3-4-13-12-14-7-9(19-12)8-16-6-5-15(2)10(17)11(16)18/h5-7H,3-4,8H2,1-2H3,(H,13,14). The Kier molecular flexibility index (Phi) is 4.16. The second kappa shape index (κ2) is 5.83. The summed E-state index contributed by atoms with van der Waals surface area (Å²) in [7, 11) is 1.56. The van der Waals surface area contributed by atoms with E-state index in [-0.39, 0.29) is 0 Å². The summed E-state index contributed by atoms with van der Waals surface area (Å²) in [5, 5.41) is 4.03. The number of thiazole rings is 1. The van der Waals surface area contributed by atoms with Crippen molar-refractivity contribution in [3.63, 3.8) is 0 Å². The first-order chi connectivity index (χ1) is 9.11. The Morgan fingerprint density at radius 2 is 2.11 bits per heavy atom. The molecule has 0 radical (unpaired) electrons. The Labute approximate surface area is 114 Å². The lowest BCUT2D eigenvalue weighted by atomic mass is 10.5. The molecule has 0 unspecified atom stereocenters. The molecule has 0 fully saturated rings. The summed E-state index contributed by atoms with van der Waals surface area (Å²) in [5.41, 5.74) is -1.03. The average Bonchev–Trinajstić information content (AvgIpc) is 2.85. The average molecular weight is 280 g/mol. The second-order valence-electron chi connectivity index (χ2n) is 4.21. The van der Waals surface area contributed by atoms with Gasteiger partial charge in [-0.3, -0.25) is 9.59 Å². The number of aryl methyl sites for hydroxylation is 1. The number of hydrogen-bond acceptors (Lipinski definition) is 5. The second-order valence-corrected chi connectivity index (χ2v) is 5.32. The van der Waals surface area contributed by atoms with Gasteiger partial charge in [-0.25, -0.2) is 4.98 Å². The quantitative estimate of drug-likeness (QED) is 0.825. The maximum Gasteiger partial charge on any atom is 0.316 e. The molecular weight excluding hydrogens is 264 g/mol. The molecule has 102 valence electrons. The molecule has 0 atom stereocenters. The van der Waals surface area contributed by atoms with Gasteiger partial charge in [0.15, 0.2) is 5.13 Å². The smallest absolute Gasteiger partial charge is 0.316 e. The molecule has 0 amide bonds. The predicted molar refractivity (Wildman–Crippen MR) is 75.9 cm³/mol. The predicted octanol–water partition coefficient (Wildman–Crippen LogP) is 0.874. The molecule has 0 aromatic carbocycles. The van der Waals surface area contributed by atoms with E-state index in [4.69, 9.17) is 0 Å². The van der Waals surface area contributed by atoms with E-state index < -0.39 is 11.1 Å². The Balaban J connectivity index is 2.18. The maximum atomic E-state index is 11.8. The lowest BCUT2D eigenvalue weighted by Gasteiger charge is -2.03. The van der Waals surface area contributed by atoms with Crippen LogP contribution < -0.4 is 16.4 Å². The van der Waals surface area contributed by atoms with Gasteiger partial charge in [0, 0.05) is 37.1 Å². The number of anilines is 1. The zero-order valence-electron chi connectivity index (χ0n) is 10.9. The molecule has 0 aliphatic carbocycles. The molecule has 0 bridgehead atoms. The highest BCUT2D eigenvalue weighted by Gasteiger charge is 2.06. The molecule has 7 heteroatoms. The van der Waals surface area contributed by atoms with Crippen molar-refractivity contribution in [2.75, 3.05) is 11.9 Å². The number of nitrogens with zero attached hydrogens (tertiary/aromatic N) is 3. The van der Waals surface area contributed by atoms with Gasteiger partial charge in [-0.1, -0.05) is 6.92 Å². The summed E-state index contributed by atoms with van der Waals surface area (Å²) >= 11 is 1.50. The van der Waals surface area contributed by atoms with E-state index in [2.05, 4.69) is 17.2 Å². The van der Waals surface area contributed by atoms with Crippen LogP contribution in [0.15, 0.2) is 28.2 Å². The molecule has 2 aromatic rings. The minimum atomic E-state index is -0.517. The third-order valence-corrected chi connectivity index (χ3v) is 3.58. The van der Waals surface area contributed by atoms with Crippen LogP contribution in [0, 0.1) is 0 Å². The fourth-order valence-electron chi connectivity index (χ4n) is 1.58. The summed E-state index contributed by atoms with van der Waals surface area (Å²) in [5.74, 6) is 0. The van der Waals surface area contributed by atoms with Crippen molar-refractivity contribution >= 4 is 16.5 Å². The maximum absolute atomic E-state index is 11.8. The summed E-state index contributed by atoms with van der Waals surface area (Å²) in [4.78, 5) is 28.5. The van der Waals surface area contributed by atoms with Crippen LogP contribution in [0.25, 0.3) is 0 Å². The third kappa shape index (κ3) is 3.11. The molecule has 0 saturated heterocycles. The van der Waals surface area contributed by atoms with E-state index in [9.17, 15) is 9.59 Å². The Morgan fingerprint density at radius 3 is 2.84 bits per heavy atom. The molecule has 2 rings (SSSR count). The van der Waals surface area contributed by atoms with Crippen molar-refractivity contribution in [2.45, 2.75) is 19.9 Å². The van der Waals surface area contributed by atoms with Gasteiger partial charge in [0.05, 0.1) is 6.54 Å². The monoisotopic (exact) mass is 280 g/mol. The van der Waals surface area contributed by atoms with Gasteiger partial charge in [0.25, 0.3) is 0 Å². The zero-order chi connectivity index (χ0) is 13.8. The van der Waals surface area contributed by atoms with Crippen molar-refractivity contribution in [1.29, 1.82) is 0 Å². The van der Waals surface area contributed by atoms with Crippen LogP contribution in [0.1, 0.15) is 18.2 Å². The molecule has 0 aliphatic rings. The highest BCUT2D eigenvalue weighted by atomic mass is 32.1. The van der Waals surface area contributed by atoms with E-state index in [1.807, 2.05) is 0 Å². The van der Waals surface area contributed by atoms with Gasteiger partial charge in [0.2, 0.25) is 0 Å². The van der Waals surface area contributed by atoms with Gasteiger partial charge >= 0.3 is 11.1 Å². The van der Waals surface area contributed by atoms with E-state index >= 15 is 0 Å². The van der Waals surface area contributed by atoms with Gasteiger partial charge in [-0.05, 0) is 6.42 Å². The van der Waals surface area contributed by atoms with Crippen LogP contribution in [0.3, 0.4) is 0 Å². The molecule has 0 spiro atoms. The molecule has 2 aromatic heterocycles. The van der Waals surface area contributed by atoms with E-state index in [0.29, 0.717) is 6.54 Å².